The van der Waals surface area contributed by atoms with Gasteiger partial charge in [-0.3, -0.25) is 14.3 Å². The lowest BCUT2D eigenvalue weighted by molar-refractivity contribution is -0.142. The molecule has 4 N–H and O–H groups in total. The molecule has 0 radical (unpaired) electrons. The lowest BCUT2D eigenvalue weighted by Crippen LogP contribution is -2.37. The Balaban J connectivity index is 0.000000444. The average molecular weight is 287 g/mol. The smallest absolute Gasteiger partial charge is 0.330 e. The first-order chi connectivity index (χ1) is 9.42. The van der Waals surface area contributed by atoms with Gasteiger partial charge in [0.2, 0.25) is 0 Å². The Labute approximate surface area is 112 Å². The van der Waals surface area contributed by atoms with E-state index in [4.69, 9.17) is 15.1 Å². The van der Waals surface area contributed by atoms with Gasteiger partial charge in [0, 0.05) is 12.3 Å². The standard InChI is InChI=1S/C8H10N2O6.C2H3NO/c11-3-1-2-10(8(15)9-3)6-4(12)5(13)7(14)16-6;1-4-2-3/h1-2,4-7,12-14H,(H,9,11,15);1H3. The number of aliphatic hydroxyl groups excluding tert-OH is 3. The molecule has 1 aliphatic heterocycles. The third-order valence-corrected chi connectivity index (χ3v) is 2.43. The van der Waals surface area contributed by atoms with Crippen molar-refractivity contribution < 1.29 is 24.8 Å². The fourth-order valence-corrected chi connectivity index (χ4v) is 1.50. The fraction of sp³-hybridized carbons (Fsp3) is 0.500. The van der Waals surface area contributed by atoms with Gasteiger partial charge in [0.1, 0.15) is 12.2 Å². The minimum Gasteiger partial charge on any atom is -0.431 e. The molecule has 1 saturated heterocycles. The first-order valence-electron chi connectivity index (χ1n) is 5.35. The van der Waals surface area contributed by atoms with Gasteiger partial charge in [0.05, 0.1) is 7.11 Å². The zero-order valence-corrected chi connectivity index (χ0v) is 10.3. The fourth-order valence-electron chi connectivity index (χ4n) is 1.50. The largest absolute Gasteiger partial charge is 0.431 e. The van der Waals surface area contributed by atoms with Crippen LogP contribution in [0.25, 0.3) is 0 Å². The van der Waals surface area contributed by atoms with E-state index in [0.29, 0.717) is 0 Å². The van der Waals surface area contributed by atoms with Gasteiger partial charge in [-0.25, -0.2) is 4.79 Å². The number of H-pyrrole nitrogens is 1. The Morgan fingerprint density at radius 3 is 2.40 bits per heavy atom. The maximum Gasteiger partial charge on any atom is 0.330 e. The molecular formula is C10H13N3O7. The van der Waals surface area contributed by atoms with E-state index in [1.165, 1.54) is 13.4 Å². The molecule has 10 heteroatoms. The molecule has 2 rings (SSSR count). The van der Waals surface area contributed by atoms with E-state index >= 15 is 0 Å². The maximum absolute atomic E-state index is 11.3. The Hall–Kier alpha value is -2.19. The number of methoxy groups -OCH3 is 1. The summed E-state index contributed by atoms with van der Waals surface area (Å²) in [6, 6.07) is 1.06. The SMILES string of the molecule is COC#N.O=c1ccn(C2OC(O)C(O)C2O)c(=O)[nH]1. The summed E-state index contributed by atoms with van der Waals surface area (Å²) in [5.74, 6) is 0. The number of rotatable bonds is 1. The van der Waals surface area contributed by atoms with Gasteiger partial charge in [0.15, 0.2) is 12.5 Å². The first kappa shape index (κ1) is 15.9. The number of aliphatic hydroxyl groups is 3. The van der Waals surface area contributed by atoms with Crippen molar-refractivity contribution in [2.45, 2.75) is 24.7 Å². The molecule has 1 aromatic heterocycles. The van der Waals surface area contributed by atoms with E-state index in [1.807, 2.05) is 4.98 Å². The summed E-state index contributed by atoms with van der Waals surface area (Å²) < 4.78 is 9.52. The van der Waals surface area contributed by atoms with Gasteiger partial charge >= 0.3 is 5.69 Å². The van der Waals surface area contributed by atoms with Crippen molar-refractivity contribution in [1.29, 1.82) is 5.26 Å². The van der Waals surface area contributed by atoms with Gasteiger partial charge in [-0.2, -0.15) is 5.26 Å². The van der Waals surface area contributed by atoms with Crippen molar-refractivity contribution in [2.75, 3.05) is 7.11 Å². The number of aromatic nitrogens is 2. The molecule has 1 aliphatic rings. The number of nitrogens with zero attached hydrogens (tertiary/aromatic N) is 2. The van der Waals surface area contributed by atoms with Crippen LogP contribution in [0.15, 0.2) is 21.9 Å². The highest BCUT2D eigenvalue weighted by Crippen LogP contribution is 2.26. The molecule has 0 bridgehead atoms. The van der Waals surface area contributed by atoms with Crippen molar-refractivity contribution in [3.8, 4) is 6.26 Å². The zero-order valence-electron chi connectivity index (χ0n) is 10.3. The van der Waals surface area contributed by atoms with Crippen LogP contribution in [0.2, 0.25) is 0 Å². The Bertz CT molecular complexity index is 589. The van der Waals surface area contributed by atoms with Crippen LogP contribution in [-0.2, 0) is 9.47 Å². The molecular weight excluding hydrogens is 274 g/mol. The lowest BCUT2D eigenvalue weighted by Gasteiger charge is -2.15. The number of nitriles is 1. The second-order valence-corrected chi connectivity index (χ2v) is 3.71. The Morgan fingerprint density at radius 2 is 2.00 bits per heavy atom. The summed E-state index contributed by atoms with van der Waals surface area (Å²) in [6.45, 7) is 0. The molecule has 0 aliphatic carbocycles. The summed E-state index contributed by atoms with van der Waals surface area (Å²) in [7, 11) is 1.32. The summed E-state index contributed by atoms with van der Waals surface area (Å²) >= 11 is 0. The third kappa shape index (κ3) is 3.43. The van der Waals surface area contributed by atoms with Crippen molar-refractivity contribution in [3.63, 3.8) is 0 Å². The van der Waals surface area contributed by atoms with Gasteiger partial charge in [-0.05, 0) is 0 Å². The van der Waals surface area contributed by atoms with Crippen molar-refractivity contribution >= 4 is 0 Å². The van der Waals surface area contributed by atoms with E-state index in [2.05, 4.69) is 4.74 Å². The highest BCUT2D eigenvalue weighted by molar-refractivity contribution is 4.90. The minimum absolute atomic E-state index is 0.588. The van der Waals surface area contributed by atoms with E-state index in [1.54, 1.807) is 0 Å². The molecule has 0 spiro atoms. The number of hydrogen-bond donors (Lipinski definition) is 4. The number of hydrogen-bond acceptors (Lipinski definition) is 8. The van der Waals surface area contributed by atoms with Gasteiger partial charge in [0.25, 0.3) is 11.8 Å². The molecule has 0 amide bonds. The normalized spacial score (nSPS) is 28.1. The van der Waals surface area contributed by atoms with Gasteiger partial charge in [-0.1, -0.05) is 0 Å². The number of aromatic amines is 1. The van der Waals surface area contributed by atoms with Crippen LogP contribution in [-0.4, -0.2) is 50.5 Å². The van der Waals surface area contributed by atoms with Crippen molar-refractivity contribution in [2.24, 2.45) is 0 Å². The van der Waals surface area contributed by atoms with E-state index in [-0.39, 0.29) is 0 Å². The second-order valence-electron chi connectivity index (χ2n) is 3.71. The first-order valence-corrected chi connectivity index (χ1v) is 5.35. The molecule has 0 aromatic carbocycles. The Morgan fingerprint density at radius 1 is 1.40 bits per heavy atom. The molecule has 4 atom stereocenters. The highest BCUT2D eigenvalue weighted by Gasteiger charge is 2.43. The van der Waals surface area contributed by atoms with Gasteiger partial charge in [-0.15, -0.1) is 0 Å². The predicted octanol–water partition coefficient (Wildman–Crippen LogP) is -2.78. The molecule has 20 heavy (non-hydrogen) atoms. The van der Waals surface area contributed by atoms with Crippen LogP contribution in [0.4, 0.5) is 0 Å². The van der Waals surface area contributed by atoms with Crippen LogP contribution in [0, 0.1) is 11.5 Å². The van der Waals surface area contributed by atoms with E-state index in [9.17, 15) is 19.8 Å². The molecule has 110 valence electrons. The number of nitrogens with one attached hydrogen (secondary N) is 1. The molecule has 1 fully saturated rings. The lowest BCUT2D eigenvalue weighted by atomic mass is 10.2. The molecule has 1 aromatic rings. The minimum atomic E-state index is -1.57. The second kappa shape index (κ2) is 6.83. The average Bonchev–Trinajstić information content (AvgIpc) is 2.67. The van der Waals surface area contributed by atoms with Crippen LogP contribution in [0.5, 0.6) is 0 Å². The van der Waals surface area contributed by atoms with Crippen LogP contribution in [0.3, 0.4) is 0 Å². The number of ether oxygens (including phenoxy) is 2. The monoisotopic (exact) mass is 287 g/mol. The van der Waals surface area contributed by atoms with Gasteiger partial charge < -0.3 is 24.8 Å². The Kier molecular flexibility index (Phi) is 5.42. The quantitative estimate of drug-likeness (QED) is 0.404. The summed E-state index contributed by atoms with van der Waals surface area (Å²) in [6.07, 6.45) is -3.20. The topological polar surface area (TPSA) is 158 Å². The predicted molar refractivity (Wildman–Crippen MR) is 62.1 cm³/mol. The summed E-state index contributed by atoms with van der Waals surface area (Å²) in [4.78, 5) is 24.1. The molecule has 0 saturated carbocycles. The summed E-state index contributed by atoms with van der Waals surface area (Å²) in [5.41, 5.74) is -1.38. The van der Waals surface area contributed by atoms with Crippen molar-refractivity contribution in [1.82, 2.24) is 9.55 Å². The maximum atomic E-state index is 11.3. The summed E-state index contributed by atoms with van der Waals surface area (Å²) in [5, 5.41) is 35.2. The van der Waals surface area contributed by atoms with Crippen LogP contribution in [0.1, 0.15) is 6.23 Å². The van der Waals surface area contributed by atoms with E-state index < -0.39 is 36.0 Å². The zero-order chi connectivity index (χ0) is 15.3. The van der Waals surface area contributed by atoms with Crippen LogP contribution >= 0.6 is 0 Å². The van der Waals surface area contributed by atoms with E-state index in [0.717, 1.165) is 16.8 Å². The van der Waals surface area contributed by atoms with Crippen molar-refractivity contribution in [3.05, 3.63) is 33.1 Å². The highest BCUT2D eigenvalue weighted by atomic mass is 16.7. The van der Waals surface area contributed by atoms with Crippen LogP contribution < -0.4 is 11.2 Å². The third-order valence-electron chi connectivity index (χ3n) is 2.43. The molecule has 4 unspecified atom stereocenters. The molecule has 10 nitrogen and oxygen atoms in total. The molecule has 2 heterocycles.